The predicted octanol–water partition coefficient (Wildman–Crippen LogP) is 8.27. The van der Waals surface area contributed by atoms with E-state index >= 15 is 0 Å². The monoisotopic (exact) mass is 892 g/mol. The fourth-order valence-electron chi connectivity index (χ4n) is 7.54. The molecule has 1 N–H and O–H groups in total. The second-order valence-electron chi connectivity index (χ2n) is 15.4. The van der Waals surface area contributed by atoms with Gasteiger partial charge in [-0.15, -0.1) is 0 Å². The molecule has 14 nitrogen and oxygen atoms in total. The molecule has 2 aliphatic rings. The number of amides is 2. The van der Waals surface area contributed by atoms with Crippen LogP contribution in [-0.2, 0) is 23.7 Å². The lowest BCUT2D eigenvalue weighted by atomic mass is 10.0. The average Bonchev–Trinajstić information content (AvgIpc) is 4.02. The minimum Gasteiger partial charge on any atom is -0.497 e. The number of methoxy groups -OCH3 is 2. The first kappa shape index (κ1) is 45.4. The van der Waals surface area contributed by atoms with Gasteiger partial charge >= 0.3 is 0 Å². The minimum absolute atomic E-state index is 0.0186. The highest BCUT2D eigenvalue weighted by Gasteiger charge is 2.38. The maximum atomic E-state index is 12.7. The summed E-state index contributed by atoms with van der Waals surface area (Å²) in [5.41, 5.74) is 3.66. The summed E-state index contributed by atoms with van der Waals surface area (Å²) in [6, 6.07) is 19.0. The summed E-state index contributed by atoms with van der Waals surface area (Å²) in [6.07, 6.45) is 3.92. The summed E-state index contributed by atoms with van der Waals surface area (Å²) < 4.78 is 19.9. The Balaban J connectivity index is 0.000000170. The quantitative estimate of drug-likeness (QED) is 0.133. The topological polar surface area (TPSA) is 150 Å². The Morgan fingerprint density at radius 3 is 1.59 bits per heavy atom. The van der Waals surface area contributed by atoms with Crippen molar-refractivity contribution in [3.05, 3.63) is 99.6 Å². The van der Waals surface area contributed by atoms with Crippen molar-refractivity contribution in [3.8, 4) is 17.4 Å². The van der Waals surface area contributed by atoms with E-state index in [1.54, 1.807) is 48.8 Å². The smallest absolute Gasteiger partial charge is 0.226 e. The fraction of sp³-hybridized carbons (Fsp3) is 0.409. The minimum atomic E-state index is -0.433. The number of hydrogen-bond acceptors (Lipinski definition) is 10. The molecule has 0 aliphatic carbocycles. The van der Waals surface area contributed by atoms with Crippen LogP contribution in [0.1, 0.15) is 63.7 Å². The van der Waals surface area contributed by atoms with Crippen LogP contribution >= 0.6 is 34.8 Å². The molecule has 0 spiro atoms. The molecule has 17 heteroatoms. The molecule has 2 fully saturated rings. The molecule has 324 valence electrons. The van der Waals surface area contributed by atoms with Crippen LogP contribution in [0.15, 0.2) is 73.1 Å². The second-order valence-corrected chi connectivity index (χ2v) is 16.6. The highest BCUT2D eigenvalue weighted by molar-refractivity contribution is 6.36. The average molecular weight is 894 g/mol. The zero-order valence-electron chi connectivity index (χ0n) is 35.4. The molecule has 61 heavy (non-hydrogen) atoms. The summed E-state index contributed by atoms with van der Waals surface area (Å²) in [7, 11) is 6.94. The van der Waals surface area contributed by atoms with E-state index in [0.29, 0.717) is 47.3 Å². The number of rotatable bonds is 10. The number of pyridine rings is 2. The number of aliphatic hydroxyl groups excluding tert-OH is 1. The van der Waals surface area contributed by atoms with Crippen LogP contribution in [0, 0.1) is 11.8 Å². The second kappa shape index (κ2) is 19.7. The van der Waals surface area contributed by atoms with Gasteiger partial charge in [0.05, 0.1) is 48.7 Å². The van der Waals surface area contributed by atoms with Crippen molar-refractivity contribution < 1.29 is 28.9 Å². The van der Waals surface area contributed by atoms with Crippen molar-refractivity contribution in [2.75, 3.05) is 27.3 Å². The van der Waals surface area contributed by atoms with Gasteiger partial charge in [0.1, 0.15) is 38.6 Å². The lowest BCUT2D eigenvalue weighted by Crippen LogP contribution is -2.31. The molecule has 4 aromatic heterocycles. The molecule has 0 radical (unpaired) electrons. The third kappa shape index (κ3) is 10.8. The Morgan fingerprint density at radius 2 is 1.11 bits per heavy atom. The van der Waals surface area contributed by atoms with Crippen LogP contribution < -0.4 is 14.2 Å². The first-order valence-electron chi connectivity index (χ1n) is 19.9. The van der Waals surface area contributed by atoms with Gasteiger partial charge < -0.3 is 29.1 Å². The maximum Gasteiger partial charge on any atom is 0.226 e. The lowest BCUT2D eigenvalue weighted by molar-refractivity contribution is -0.130. The van der Waals surface area contributed by atoms with E-state index in [1.807, 2.05) is 99.4 Å². The lowest BCUT2D eigenvalue weighted by Gasteiger charge is -2.26. The van der Waals surface area contributed by atoms with E-state index in [4.69, 9.17) is 49.0 Å². The van der Waals surface area contributed by atoms with Crippen LogP contribution in [0.2, 0.25) is 15.5 Å². The van der Waals surface area contributed by atoms with E-state index in [2.05, 4.69) is 20.2 Å². The third-order valence-electron chi connectivity index (χ3n) is 11.2. The Kier molecular flexibility index (Phi) is 14.7. The SMILES string of the molecule is COc1ccc([C@H](C)N2C[C@H]([C@@H](C)O)CC2=O)cc1.COc1ccc([C@H](C)N2C[C@H]([C@@H](C)Oc3nc(Cl)cc4nn(C)cc34)CC2=O)cc1.Cn1cc2c(Cl)nc(Cl)cc2n1. The number of carbonyl (C=O) groups excluding carboxylic acids is 2. The van der Waals surface area contributed by atoms with Crippen molar-refractivity contribution in [1.29, 1.82) is 0 Å². The summed E-state index contributed by atoms with van der Waals surface area (Å²) in [5, 5.41) is 20.9. The molecule has 2 aliphatic heterocycles. The van der Waals surface area contributed by atoms with Crippen LogP contribution in [-0.4, -0.2) is 95.8 Å². The fourth-order valence-corrected chi connectivity index (χ4v) is 8.19. The van der Waals surface area contributed by atoms with Gasteiger partial charge in [-0.2, -0.15) is 10.2 Å². The molecule has 2 saturated heterocycles. The van der Waals surface area contributed by atoms with Crippen molar-refractivity contribution in [1.82, 2.24) is 39.3 Å². The Hall–Kier alpha value is -5.15. The highest BCUT2D eigenvalue weighted by atomic mass is 35.5. The van der Waals surface area contributed by atoms with E-state index < -0.39 is 6.10 Å². The number of aromatic nitrogens is 6. The van der Waals surface area contributed by atoms with Crippen molar-refractivity contribution in [2.45, 2.75) is 64.8 Å². The third-order valence-corrected chi connectivity index (χ3v) is 11.9. The van der Waals surface area contributed by atoms with E-state index in [1.165, 1.54) is 0 Å². The number of fused-ring (bicyclic) bond motifs is 2. The molecule has 6 aromatic rings. The Bertz CT molecular complexity index is 2460. The number of hydrogen-bond donors (Lipinski definition) is 1. The molecule has 8 rings (SSSR count). The predicted molar refractivity (Wildman–Crippen MR) is 236 cm³/mol. The van der Waals surface area contributed by atoms with Crippen molar-refractivity contribution >= 4 is 68.4 Å². The van der Waals surface area contributed by atoms with Gasteiger partial charge in [0, 0.05) is 76.4 Å². The summed E-state index contributed by atoms with van der Waals surface area (Å²) in [5.74, 6) is 2.42. The molecule has 6 atom stereocenters. The summed E-state index contributed by atoms with van der Waals surface area (Å²) >= 11 is 17.7. The van der Waals surface area contributed by atoms with Gasteiger partial charge in [-0.3, -0.25) is 19.0 Å². The number of ether oxygens (including phenoxy) is 3. The van der Waals surface area contributed by atoms with Crippen LogP contribution in [0.4, 0.5) is 0 Å². The first-order valence-corrected chi connectivity index (χ1v) is 21.0. The van der Waals surface area contributed by atoms with Gasteiger partial charge in [-0.05, 0) is 63.1 Å². The summed E-state index contributed by atoms with van der Waals surface area (Å²) in [4.78, 5) is 36.8. The van der Waals surface area contributed by atoms with Gasteiger partial charge in [0.15, 0.2) is 0 Å². The van der Waals surface area contributed by atoms with Crippen LogP contribution in [0.3, 0.4) is 0 Å². The van der Waals surface area contributed by atoms with E-state index in [9.17, 15) is 14.7 Å². The molecular formula is C44H51Cl3N8O6. The number of carbonyl (C=O) groups is 2. The molecular weight excluding hydrogens is 843 g/mol. The number of nitrogens with zero attached hydrogens (tertiary/aromatic N) is 8. The van der Waals surface area contributed by atoms with Gasteiger partial charge in [0.2, 0.25) is 17.7 Å². The Labute approximate surface area is 370 Å². The number of likely N-dealkylation sites (tertiary alicyclic amines) is 2. The number of aryl methyl sites for hydroxylation is 2. The van der Waals surface area contributed by atoms with E-state index in [-0.39, 0.29) is 41.8 Å². The zero-order valence-corrected chi connectivity index (χ0v) is 37.7. The molecule has 6 heterocycles. The number of halogens is 3. The van der Waals surface area contributed by atoms with E-state index in [0.717, 1.165) is 44.4 Å². The molecule has 2 aromatic carbocycles. The largest absolute Gasteiger partial charge is 0.497 e. The number of aliphatic hydroxyl groups is 1. The zero-order chi connectivity index (χ0) is 44.1. The normalized spacial score (nSPS) is 18.3. The summed E-state index contributed by atoms with van der Waals surface area (Å²) in [6.45, 7) is 9.05. The van der Waals surface area contributed by atoms with Gasteiger partial charge in [0.25, 0.3) is 0 Å². The maximum absolute atomic E-state index is 12.7. The Morgan fingerprint density at radius 1 is 0.672 bits per heavy atom. The molecule has 0 unspecified atom stereocenters. The highest BCUT2D eigenvalue weighted by Crippen LogP contribution is 2.34. The van der Waals surface area contributed by atoms with Crippen molar-refractivity contribution in [2.24, 2.45) is 25.9 Å². The number of benzene rings is 2. The van der Waals surface area contributed by atoms with Gasteiger partial charge in [-0.25, -0.2) is 9.97 Å². The van der Waals surface area contributed by atoms with Crippen molar-refractivity contribution in [3.63, 3.8) is 0 Å². The first-order chi connectivity index (χ1) is 29.0. The molecule has 2 amide bonds. The van der Waals surface area contributed by atoms with Crippen LogP contribution in [0.25, 0.3) is 21.8 Å². The molecule has 0 bridgehead atoms. The van der Waals surface area contributed by atoms with Crippen LogP contribution in [0.5, 0.6) is 17.4 Å². The molecule has 0 saturated carbocycles. The van der Waals surface area contributed by atoms with Gasteiger partial charge in [-0.1, -0.05) is 59.1 Å². The standard InChI is InChI=1S/C22H25ClN4O3.C15H21NO3.C7H5Cl2N3/c1-13(15-5-7-17(29-4)8-6-15)27-11-16(9-21(27)28)14(2)30-22-18-12-26(3)25-19(18)10-20(23)24-22;1-10(12-4-6-14(19-3)7-5-12)16-9-13(11(2)17)8-15(16)18;1-12-3-4-5(11-12)2-6(8)10-7(4)9/h5-8,10,12-14,16H,9,11H2,1-4H3;4-7,10-11,13,17H,8-9H2,1-3H3;2-3H,1H3/t13-,14+,16+;10-,11+,13+;/m00./s1.